The lowest BCUT2D eigenvalue weighted by atomic mass is 9.85. The Morgan fingerprint density at radius 3 is 2.15 bits per heavy atom. The van der Waals surface area contributed by atoms with Crippen LogP contribution >= 0.6 is 0 Å². The molecular weight excluding hydrogens is 158 g/mol. The van der Waals surface area contributed by atoms with E-state index in [9.17, 15) is 0 Å². The number of hydrogen-bond acceptors (Lipinski definition) is 1. The minimum absolute atomic E-state index is 0.645. The Morgan fingerprint density at radius 2 is 1.77 bits per heavy atom. The van der Waals surface area contributed by atoms with Crippen molar-refractivity contribution in [3.05, 3.63) is 23.8 Å². The Balaban J connectivity index is 3.14. The summed E-state index contributed by atoms with van der Waals surface area (Å²) in [6, 6.07) is 5.37. The monoisotopic (exact) mass is 168 g/mol. The highest BCUT2D eigenvalue weighted by Crippen LogP contribution is 1.94. The summed E-state index contributed by atoms with van der Waals surface area (Å²) in [5.74, 6) is 0.777. The van der Waals surface area contributed by atoms with Crippen LogP contribution in [0.3, 0.4) is 0 Å². The number of nitrogens with one attached hydrogen (secondary N) is 1. The average Bonchev–Trinajstić information content (AvgIpc) is 2.04. The van der Waals surface area contributed by atoms with Crippen LogP contribution in [0.15, 0.2) is 23.2 Å². The number of aliphatic imine (C=N–C) groups is 1. The highest BCUT2D eigenvalue weighted by Gasteiger charge is 2.00. The molecule has 0 spiro atoms. The summed E-state index contributed by atoms with van der Waals surface area (Å²) in [5, 5.41) is 2.96. The van der Waals surface area contributed by atoms with Crippen molar-refractivity contribution in [2.24, 2.45) is 4.99 Å². The fraction of sp³-hybridized carbons (Fsp3) is 0.222. The van der Waals surface area contributed by atoms with Gasteiger partial charge in [-0.1, -0.05) is 29.1 Å². The van der Waals surface area contributed by atoms with Gasteiger partial charge in [0, 0.05) is 19.7 Å². The lowest BCUT2D eigenvalue weighted by Gasteiger charge is -2.07. The summed E-state index contributed by atoms with van der Waals surface area (Å²) in [6.07, 6.45) is 0. The first-order valence-corrected chi connectivity index (χ1v) is 3.98. The van der Waals surface area contributed by atoms with Crippen LogP contribution in [0.4, 0.5) is 0 Å². The molecule has 62 valence electrons. The smallest absolute Gasteiger partial charge is 0.127 e. The van der Waals surface area contributed by atoms with Gasteiger partial charge in [0.1, 0.15) is 21.5 Å². The molecule has 0 bridgehead atoms. The number of hydrogen-bond donors (Lipinski definition) is 1. The summed E-state index contributed by atoms with van der Waals surface area (Å²) < 4.78 is 0. The van der Waals surface area contributed by atoms with Gasteiger partial charge in [0.2, 0.25) is 0 Å². The Labute approximate surface area is 81.3 Å². The number of rotatable bonds is 1. The second kappa shape index (κ2) is 4.17. The Bertz CT molecular complexity index is 314. The lowest BCUT2D eigenvalue weighted by molar-refractivity contribution is 1.15. The second-order valence-corrected chi connectivity index (χ2v) is 2.71. The molecule has 2 nitrogen and oxygen atoms in total. The van der Waals surface area contributed by atoms with Gasteiger partial charge in [-0.3, -0.25) is 4.99 Å². The highest BCUT2D eigenvalue weighted by molar-refractivity contribution is 6.38. The lowest BCUT2D eigenvalue weighted by Crippen LogP contribution is -2.24. The van der Waals surface area contributed by atoms with Gasteiger partial charge in [-0.2, -0.15) is 0 Å². The third kappa shape index (κ3) is 2.38. The van der Waals surface area contributed by atoms with E-state index in [4.69, 9.17) is 15.7 Å². The van der Waals surface area contributed by atoms with E-state index in [1.165, 1.54) is 0 Å². The summed E-state index contributed by atoms with van der Waals surface area (Å²) in [4.78, 5) is 4.05. The Kier molecular flexibility index (Phi) is 3.18. The molecule has 0 unspecified atom stereocenters. The van der Waals surface area contributed by atoms with Gasteiger partial charge in [-0.05, 0) is 0 Å². The molecule has 13 heavy (non-hydrogen) atoms. The maximum absolute atomic E-state index is 5.64. The predicted molar refractivity (Wildman–Crippen MR) is 58.7 cm³/mol. The predicted octanol–water partition coefficient (Wildman–Crippen LogP) is -1.13. The summed E-state index contributed by atoms with van der Waals surface area (Å²) in [7, 11) is 14.8. The third-order valence-electron chi connectivity index (χ3n) is 1.71. The molecule has 0 atom stereocenters. The van der Waals surface area contributed by atoms with Gasteiger partial charge in [-0.25, -0.2) is 0 Å². The third-order valence-corrected chi connectivity index (χ3v) is 1.71. The zero-order valence-electron chi connectivity index (χ0n) is 7.83. The van der Waals surface area contributed by atoms with Gasteiger partial charge in [0.05, 0.1) is 0 Å². The molecule has 4 radical (unpaired) electrons. The van der Waals surface area contributed by atoms with E-state index in [1.807, 2.05) is 19.2 Å². The van der Waals surface area contributed by atoms with Crippen LogP contribution in [0.2, 0.25) is 0 Å². The van der Waals surface area contributed by atoms with E-state index in [2.05, 4.69) is 10.3 Å². The first kappa shape index (κ1) is 9.90. The van der Waals surface area contributed by atoms with Crippen LogP contribution in [0.25, 0.3) is 0 Å². The van der Waals surface area contributed by atoms with E-state index < -0.39 is 0 Å². The number of amidine groups is 1. The van der Waals surface area contributed by atoms with Crippen molar-refractivity contribution in [2.45, 2.75) is 0 Å². The first-order valence-electron chi connectivity index (χ1n) is 3.98. The fourth-order valence-corrected chi connectivity index (χ4v) is 1.20. The van der Waals surface area contributed by atoms with E-state index in [0.29, 0.717) is 10.9 Å². The Morgan fingerprint density at radius 1 is 1.23 bits per heavy atom. The van der Waals surface area contributed by atoms with Crippen molar-refractivity contribution in [1.82, 2.24) is 5.32 Å². The number of benzene rings is 1. The molecule has 0 fully saturated rings. The van der Waals surface area contributed by atoms with E-state index in [1.54, 1.807) is 13.1 Å². The molecule has 0 heterocycles. The molecule has 0 saturated carbocycles. The highest BCUT2D eigenvalue weighted by atomic mass is 14.9. The van der Waals surface area contributed by atoms with Gasteiger partial charge < -0.3 is 5.32 Å². The molecule has 0 aliphatic carbocycles. The van der Waals surface area contributed by atoms with Crippen molar-refractivity contribution in [3.63, 3.8) is 0 Å². The summed E-state index contributed by atoms with van der Waals surface area (Å²) >= 11 is 0. The quantitative estimate of drug-likeness (QED) is 0.320. The van der Waals surface area contributed by atoms with Gasteiger partial charge in [0.15, 0.2) is 0 Å². The molecule has 4 heteroatoms. The molecule has 1 aromatic carbocycles. The molecule has 0 aromatic heterocycles. The largest absolute Gasteiger partial charge is 0.373 e. The Hall–Kier alpha value is -1.18. The molecular formula is C9H10B2N2. The summed E-state index contributed by atoms with van der Waals surface area (Å²) in [5.41, 5.74) is 2.19. The SMILES string of the molecule is [B]c1cc([B])cc(C(=NC)NC)c1. The van der Waals surface area contributed by atoms with Crippen LogP contribution in [0, 0.1) is 0 Å². The van der Waals surface area contributed by atoms with Crippen molar-refractivity contribution >= 4 is 32.5 Å². The first-order chi connectivity index (χ1) is 6.17. The molecule has 1 aromatic rings. The van der Waals surface area contributed by atoms with E-state index in [-0.39, 0.29) is 0 Å². The minimum atomic E-state index is 0.645. The zero-order chi connectivity index (χ0) is 9.84. The standard InChI is InChI=1S/C9H10B2N2/c1-12-9(13-2)6-3-7(10)5-8(11)4-6/h3-5H,1-2H3,(H,12,13). The van der Waals surface area contributed by atoms with Gasteiger partial charge >= 0.3 is 0 Å². The normalized spacial score (nSPS) is 11.4. The van der Waals surface area contributed by atoms with Crippen molar-refractivity contribution in [2.75, 3.05) is 14.1 Å². The topological polar surface area (TPSA) is 24.4 Å². The van der Waals surface area contributed by atoms with Crippen LogP contribution in [-0.4, -0.2) is 35.6 Å². The number of nitrogens with zero attached hydrogens (tertiary/aromatic N) is 1. The van der Waals surface area contributed by atoms with Crippen molar-refractivity contribution < 1.29 is 0 Å². The average molecular weight is 168 g/mol. The van der Waals surface area contributed by atoms with Crippen molar-refractivity contribution in [3.8, 4) is 0 Å². The van der Waals surface area contributed by atoms with Crippen LogP contribution in [-0.2, 0) is 0 Å². The van der Waals surface area contributed by atoms with Gasteiger partial charge in [-0.15, -0.1) is 0 Å². The maximum Gasteiger partial charge on any atom is 0.127 e. The van der Waals surface area contributed by atoms with Crippen LogP contribution < -0.4 is 16.2 Å². The van der Waals surface area contributed by atoms with Gasteiger partial charge in [0.25, 0.3) is 0 Å². The molecule has 0 aliphatic heterocycles. The maximum atomic E-state index is 5.64. The molecule has 0 saturated heterocycles. The van der Waals surface area contributed by atoms with E-state index >= 15 is 0 Å². The van der Waals surface area contributed by atoms with E-state index in [0.717, 1.165) is 11.4 Å². The second-order valence-electron chi connectivity index (χ2n) is 2.71. The molecule has 1 N–H and O–H groups in total. The molecule has 1 rings (SSSR count). The van der Waals surface area contributed by atoms with Crippen LogP contribution in [0.5, 0.6) is 0 Å². The molecule has 0 amide bonds. The van der Waals surface area contributed by atoms with Crippen molar-refractivity contribution in [1.29, 1.82) is 0 Å². The zero-order valence-corrected chi connectivity index (χ0v) is 7.83. The van der Waals surface area contributed by atoms with Crippen LogP contribution in [0.1, 0.15) is 5.56 Å². The molecule has 0 aliphatic rings. The fourth-order valence-electron chi connectivity index (χ4n) is 1.20. The minimum Gasteiger partial charge on any atom is -0.373 e. The summed E-state index contributed by atoms with van der Waals surface area (Å²) in [6.45, 7) is 0.